The monoisotopic (exact) mass is 517 g/mol. The number of hydrogen-bond acceptors (Lipinski definition) is 7. The maximum absolute atomic E-state index is 12.1. The van der Waals surface area contributed by atoms with E-state index in [1.165, 1.54) is 13.0 Å². The summed E-state index contributed by atoms with van der Waals surface area (Å²) in [5, 5.41) is 15.0. The second-order valence-electron chi connectivity index (χ2n) is 9.30. The molecule has 1 aromatic carbocycles. The van der Waals surface area contributed by atoms with E-state index < -0.39 is 0 Å². The van der Waals surface area contributed by atoms with Crippen LogP contribution >= 0.6 is 11.8 Å². The number of nitroso groups, excluding NO2 is 1. The fraction of sp³-hybridized carbons (Fsp3) is 0.600. The van der Waals surface area contributed by atoms with E-state index in [0.29, 0.717) is 30.2 Å². The summed E-state index contributed by atoms with van der Waals surface area (Å²) >= 11 is 1.89. The van der Waals surface area contributed by atoms with Crippen molar-refractivity contribution in [1.82, 2.24) is 21.3 Å². The van der Waals surface area contributed by atoms with Crippen LogP contribution in [0.5, 0.6) is 0 Å². The van der Waals surface area contributed by atoms with Gasteiger partial charge < -0.3 is 21.3 Å². The van der Waals surface area contributed by atoms with Gasteiger partial charge in [-0.25, -0.2) is 4.79 Å². The largest absolute Gasteiger partial charge is 0.356 e. The van der Waals surface area contributed by atoms with Gasteiger partial charge in [-0.3, -0.25) is 14.4 Å². The summed E-state index contributed by atoms with van der Waals surface area (Å²) in [5.41, 5.74) is 1.06. The smallest absolute Gasteiger partial charge is 0.315 e. The zero-order valence-electron chi connectivity index (χ0n) is 20.6. The SMILES string of the molecule is CC(=O)c1ccc(CNC(=O)CCCCCNC(=O)CCCC[C@H]2SC[C@H]3NC(=O)NC32)cc1N=O. The van der Waals surface area contributed by atoms with Gasteiger partial charge in [0.1, 0.15) is 5.69 Å². The van der Waals surface area contributed by atoms with Gasteiger partial charge in [-0.15, -0.1) is 4.91 Å². The van der Waals surface area contributed by atoms with E-state index >= 15 is 0 Å². The summed E-state index contributed by atoms with van der Waals surface area (Å²) in [4.78, 5) is 57.9. The van der Waals surface area contributed by atoms with Gasteiger partial charge in [-0.2, -0.15) is 11.8 Å². The Morgan fingerprint density at radius 3 is 2.53 bits per heavy atom. The van der Waals surface area contributed by atoms with Gasteiger partial charge in [-0.1, -0.05) is 18.9 Å². The third-order valence-electron chi connectivity index (χ3n) is 6.51. The number of ketones is 1. The van der Waals surface area contributed by atoms with Crippen LogP contribution in [0, 0.1) is 4.91 Å². The van der Waals surface area contributed by atoms with Crippen molar-refractivity contribution in [2.75, 3.05) is 12.3 Å². The number of nitrogens with one attached hydrogen (secondary N) is 4. The Bertz CT molecular complexity index is 972. The highest BCUT2D eigenvalue weighted by Gasteiger charge is 2.42. The average Bonchev–Trinajstić information content (AvgIpc) is 3.41. The quantitative estimate of drug-likeness (QED) is 0.122. The van der Waals surface area contributed by atoms with Gasteiger partial charge >= 0.3 is 6.03 Å². The fourth-order valence-corrected chi connectivity index (χ4v) is 6.07. The average molecular weight is 518 g/mol. The molecule has 1 aromatic rings. The van der Waals surface area contributed by atoms with Crippen molar-refractivity contribution < 1.29 is 19.2 Å². The molecule has 3 atom stereocenters. The lowest BCUT2D eigenvalue weighted by atomic mass is 10.0. The lowest BCUT2D eigenvalue weighted by Crippen LogP contribution is -2.36. The van der Waals surface area contributed by atoms with Crippen molar-refractivity contribution in [3.63, 3.8) is 0 Å². The Morgan fingerprint density at radius 2 is 1.78 bits per heavy atom. The first-order valence-corrected chi connectivity index (χ1v) is 13.6. The molecule has 0 radical (unpaired) electrons. The minimum absolute atomic E-state index is 0.0560. The molecule has 2 heterocycles. The van der Waals surface area contributed by atoms with E-state index in [0.717, 1.165) is 44.3 Å². The number of rotatable bonds is 15. The van der Waals surface area contributed by atoms with Crippen LogP contribution in [0.2, 0.25) is 0 Å². The number of Topliss-reactive ketones (excluding diaryl/α,β-unsaturated/α-hetero) is 1. The van der Waals surface area contributed by atoms with Crippen molar-refractivity contribution in [3.05, 3.63) is 34.2 Å². The van der Waals surface area contributed by atoms with Gasteiger partial charge in [0.2, 0.25) is 11.8 Å². The van der Waals surface area contributed by atoms with Crippen molar-refractivity contribution in [2.45, 2.75) is 82.2 Å². The van der Waals surface area contributed by atoms with Crippen LogP contribution in [0.25, 0.3) is 0 Å². The predicted molar refractivity (Wildman–Crippen MR) is 139 cm³/mol. The summed E-state index contributed by atoms with van der Waals surface area (Å²) in [7, 11) is 0. The predicted octanol–water partition coefficient (Wildman–Crippen LogP) is 3.31. The molecule has 2 saturated heterocycles. The molecule has 0 saturated carbocycles. The van der Waals surface area contributed by atoms with E-state index in [9.17, 15) is 24.1 Å². The standard InChI is InChI=1S/C25H35N5O5S/c1-16(31)18-11-10-17(13-19(18)30-35)14-27-23(33)8-3-2-6-12-26-22(32)9-5-4-7-21-24-20(15-36-21)28-25(34)29-24/h10-11,13,20-21,24H,2-9,12,14-15H2,1H3,(H,26,32)(H,27,33)(H2,28,29,34)/t20-,21-,24?/m1/s1. The molecule has 10 nitrogen and oxygen atoms in total. The topological polar surface area (TPSA) is 146 Å². The molecular weight excluding hydrogens is 482 g/mol. The summed E-state index contributed by atoms with van der Waals surface area (Å²) in [6.45, 7) is 2.24. The number of amides is 4. The fourth-order valence-electron chi connectivity index (χ4n) is 4.53. The summed E-state index contributed by atoms with van der Waals surface area (Å²) in [6, 6.07) is 5.14. The first-order valence-electron chi connectivity index (χ1n) is 12.6. The minimum atomic E-state index is -0.230. The lowest BCUT2D eigenvalue weighted by Gasteiger charge is -2.16. The molecule has 4 N–H and O–H groups in total. The van der Waals surface area contributed by atoms with Crippen molar-refractivity contribution >= 4 is 41.1 Å². The Kier molecular flexibility index (Phi) is 10.7. The highest BCUT2D eigenvalue weighted by atomic mass is 32.2. The van der Waals surface area contributed by atoms with Crippen LogP contribution < -0.4 is 21.3 Å². The molecule has 2 aliphatic rings. The molecule has 0 bridgehead atoms. The number of carbonyl (C=O) groups is 4. The number of hydrogen-bond donors (Lipinski definition) is 4. The first kappa shape index (κ1) is 27.6. The molecule has 11 heteroatoms. The number of unbranched alkanes of at least 4 members (excludes halogenated alkanes) is 3. The maximum Gasteiger partial charge on any atom is 0.315 e. The van der Waals surface area contributed by atoms with Gasteiger partial charge in [-0.05, 0) is 55.5 Å². The Morgan fingerprint density at radius 1 is 1.03 bits per heavy atom. The lowest BCUT2D eigenvalue weighted by molar-refractivity contribution is -0.122. The number of urea groups is 1. The molecule has 0 aromatic heterocycles. The van der Waals surface area contributed by atoms with Crippen LogP contribution in [0.4, 0.5) is 10.5 Å². The van der Waals surface area contributed by atoms with E-state index in [1.807, 2.05) is 11.8 Å². The number of nitrogens with zero attached hydrogens (tertiary/aromatic N) is 1. The molecule has 2 aliphatic heterocycles. The van der Waals surface area contributed by atoms with Crippen LogP contribution in [0.3, 0.4) is 0 Å². The Balaban J connectivity index is 1.18. The number of fused-ring (bicyclic) bond motifs is 1. The molecule has 3 rings (SSSR count). The van der Waals surface area contributed by atoms with Gasteiger partial charge in [0.15, 0.2) is 5.78 Å². The normalized spacial score (nSPS) is 20.2. The van der Waals surface area contributed by atoms with E-state index in [4.69, 9.17) is 0 Å². The molecule has 0 aliphatic carbocycles. The summed E-state index contributed by atoms with van der Waals surface area (Å²) < 4.78 is 0. The van der Waals surface area contributed by atoms with Crippen molar-refractivity contribution in [1.29, 1.82) is 0 Å². The summed E-state index contributed by atoms with van der Waals surface area (Å²) in [5.74, 6) is 0.689. The Labute approximate surface area is 215 Å². The Hall–Kier alpha value is -2.95. The van der Waals surface area contributed by atoms with Crippen molar-refractivity contribution in [2.24, 2.45) is 5.18 Å². The molecule has 196 valence electrons. The zero-order chi connectivity index (χ0) is 25.9. The van der Waals surface area contributed by atoms with E-state index in [1.54, 1.807) is 12.1 Å². The highest BCUT2D eigenvalue weighted by Crippen LogP contribution is 2.33. The second kappa shape index (κ2) is 14.0. The van der Waals surface area contributed by atoms with Crippen LogP contribution in [-0.2, 0) is 16.1 Å². The van der Waals surface area contributed by atoms with E-state index in [-0.39, 0.29) is 53.5 Å². The first-order chi connectivity index (χ1) is 17.4. The minimum Gasteiger partial charge on any atom is -0.356 e. The van der Waals surface area contributed by atoms with Crippen LogP contribution in [0.15, 0.2) is 23.4 Å². The number of benzene rings is 1. The zero-order valence-corrected chi connectivity index (χ0v) is 21.5. The second-order valence-corrected chi connectivity index (χ2v) is 10.6. The maximum atomic E-state index is 12.1. The van der Waals surface area contributed by atoms with Crippen molar-refractivity contribution in [3.8, 4) is 0 Å². The molecule has 4 amide bonds. The molecule has 0 spiro atoms. The van der Waals surface area contributed by atoms with E-state index in [2.05, 4.69) is 26.4 Å². The van der Waals surface area contributed by atoms with Gasteiger partial charge in [0.05, 0.1) is 12.1 Å². The van der Waals surface area contributed by atoms with Gasteiger partial charge in [0.25, 0.3) is 0 Å². The molecule has 2 fully saturated rings. The number of carbonyl (C=O) groups excluding carboxylic acids is 4. The molecule has 36 heavy (non-hydrogen) atoms. The molecular formula is C25H35N5O5S. The van der Waals surface area contributed by atoms with Gasteiger partial charge in [0, 0.05) is 42.5 Å². The molecule has 1 unspecified atom stereocenters. The third kappa shape index (κ3) is 8.32. The number of thioether (sulfide) groups is 1. The van der Waals surface area contributed by atoms with Crippen LogP contribution in [-0.4, -0.2) is 53.3 Å². The summed E-state index contributed by atoms with van der Waals surface area (Å²) in [6.07, 6.45) is 6.07. The third-order valence-corrected chi connectivity index (χ3v) is 8.02. The highest BCUT2D eigenvalue weighted by molar-refractivity contribution is 8.00. The van der Waals surface area contributed by atoms with Crippen LogP contribution in [0.1, 0.15) is 74.2 Å².